The van der Waals surface area contributed by atoms with Gasteiger partial charge in [0.25, 0.3) is 5.91 Å². The number of para-hydroxylation sites is 1. The summed E-state index contributed by atoms with van der Waals surface area (Å²) < 4.78 is 5.30. The van der Waals surface area contributed by atoms with Gasteiger partial charge in [0.1, 0.15) is 5.60 Å². The van der Waals surface area contributed by atoms with Gasteiger partial charge in [-0.1, -0.05) is 18.2 Å². The highest BCUT2D eigenvalue weighted by Crippen LogP contribution is 2.31. The summed E-state index contributed by atoms with van der Waals surface area (Å²) >= 11 is 0. The molecule has 0 spiro atoms. The number of methoxy groups -OCH3 is 1. The fraction of sp³-hybridized carbons (Fsp3) is 0.533. The highest BCUT2D eigenvalue weighted by molar-refractivity contribution is 5.85. The van der Waals surface area contributed by atoms with Gasteiger partial charge in [-0.15, -0.1) is 0 Å². The largest absolute Gasteiger partial charge is 0.398 e. The molecule has 4 nitrogen and oxygen atoms in total. The van der Waals surface area contributed by atoms with Gasteiger partial charge < -0.3 is 15.4 Å². The minimum Gasteiger partial charge on any atom is -0.398 e. The number of nitrogens with zero attached hydrogens (tertiary/aromatic N) is 1. The first-order chi connectivity index (χ1) is 8.95. The molecule has 0 aromatic heterocycles. The van der Waals surface area contributed by atoms with Crippen LogP contribution in [0, 0.1) is 0 Å². The molecule has 2 N–H and O–H groups in total. The SMILES string of the molecule is COC(C)(C)C(=O)N(Cc1ccccc1N)C1CC1. The lowest BCUT2D eigenvalue weighted by Gasteiger charge is -2.31. The van der Waals surface area contributed by atoms with E-state index in [4.69, 9.17) is 10.5 Å². The Morgan fingerprint density at radius 3 is 2.58 bits per heavy atom. The lowest BCUT2D eigenvalue weighted by atomic mass is 10.1. The highest BCUT2D eigenvalue weighted by Gasteiger charge is 2.39. The van der Waals surface area contributed by atoms with Crippen LogP contribution in [0.2, 0.25) is 0 Å². The average molecular weight is 262 g/mol. The third-order valence-corrected chi connectivity index (χ3v) is 3.67. The van der Waals surface area contributed by atoms with Gasteiger partial charge in [0, 0.05) is 25.4 Å². The molecule has 4 heteroatoms. The zero-order chi connectivity index (χ0) is 14.0. The molecule has 1 fully saturated rings. The van der Waals surface area contributed by atoms with Crippen LogP contribution in [0.3, 0.4) is 0 Å². The van der Waals surface area contributed by atoms with Crippen molar-refractivity contribution in [2.75, 3.05) is 12.8 Å². The van der Waals surface area contributed by atoms with Crippen molar-refractivity contribution in [2.45, 2.75) is 44.9 Å². The molecule has 1 aliphatic carbocycles. The van der Waals surface area contributed by atoms with Crippen molar-refractivity contribution >= 4 is 11.6 Å². The van der Waals surface area contributed by atoms with Crippen molar-refractivity contribution in [1.82, 2.24) is 4.90 Å². The fourth-order valence-corrected chi connectivity index (χ4v) is 2.05. The second-order valence-electron chi connectivity index (χ2n) is 5.58. The first-order valence-corrected chi connectivity index (χ1v) is 6.65. The molecule has 19 heavy (non-hydrogen) atoms. The number of hydrogen-bond acceptors (Lipinski definition) is 3. The fourth-order valence-electron chi connectivity index (χ4n) is 2.05. The Bertz CT molecular complexity index is 467. The molecule has 1 amide bonds. The lowest BCUT2D eigenvalue weighted by Crippen LogP contribution is -2.47. The van der Waals surface area contributed by atoms with Gasteiger partial charge in [-0.25, -0.2) is 0 Å². The minimum absolute atomic E-state index is 0.0285. The molecule has 0 atom stereocenters. The van der Waals surface area contributed by atoms with E-state index in [2.05, 4.69) is 0 Å². The number of ether oxygens (including phenoxy) is 1. The molecule has 1 saturated carbocycles. The summed E-state index contributed by atoms with van der Waals surface area (Å²) in [5.41, 5.74) is 6.90. The smallest absolute Gasteiger partial charge is 0.254 e. The van der Waals surface area contributed by atoms with Gasteiger partial charge in [-0.3, -0.25) is 4.79 Å². The Morgan fingerprint density at radius 1 is 1.42 bits per heavy atom. The number of amides is 1. The minimum atomic E-state index is -0.786. The van der Waals surface area contributed by atoms with Gasteiger partial charge in [-0.05, 0) is 38.3 Å². The van der Waals surface area contributed by atoms with E-state index in [0.717, 1.165) is 24.1 Å². The van der Waals surface area contributed by atoms with E-state index >= 15 is 0 Å². The first kappa shape index (κ1) is 13.9. The Balaban J connectivity index is 2.18. The van der Waals surface area contributed by atoms with Gasteiger partial charge in [-0.2, -0.15) is 0 Å². The van der Waals surface area contributed by atoms with Crippen molar-refractivity contribution in [3.63, 3.8) is 0 Å². The number of carbonyl (C=O) groups is 1. The van der Waals surface area contributed by atoms with Crippen LogP contribution in [0.5, 0.6) is 0 Å². The number of rotatable bonds is 5. The van der Waals surface area contributed by atoms with E-state index in [1.54, 1.807) is 21.0 Å². The van der Waals surface area contributed by atoms with E-state index < -0.39 is 5.60 Å². The molecule has 2 rings (SSSR count). The topological polar surface area (TPSA) is 55.6 Å². The Kier molecular flexibility index (Phi) is 3.80. The summed E-state index contributed by atoms with van der Waals surface area (Å²) in [4.78, 5) is 14.5. The maximum Gasteiger partial charge on any atom is 0.254 e. The summed E-state index contributed by atoms with van der Waals surface area (Å²) in [5, 5.41) is 0. The number of anilines is 1. The predicted molar refractivity (Wildman–Crippen MR) is 75.5 cm³/mol. The van der Waals surface area contributed by atoms with E-state index in [0.29, 0.717) is 12.6 Å². The van der Waals surface area contributed by atoms with Crippen LogP contribution >= 0.6 is 0 Å². The molecule has 1 aromatic rings. The Labute approximate surface area is 114 Å². The Hall–Kier alpha value is -1.55. The zero-order valence-electron chi connectivity index (χ0n) is 11.8. The van der Waals surface area contributed by atoms with Crippen LogP contribution < -0.4 is 5.73 Å². The standard InChI is InChI=1S/C15H22N2O2/c1-15(2,19-3)14(18)17(12-8-9-12)10-11-6-4-5-7-13(11)16/h4-7,12H,8-10,16H2,1-3H3. The molecule has 1 aromatic carbocycles. The van der Waals surface area contributed by atoms with Crippen molar-refractivity contribution in [3.05, 3.63) is 29.8 Å². The summed E-state index contributed by atoms with van der Waals surface area (Å²) in [6, 6.07) is 8.02. The van der Waals surface area contributed by atoms with Crippen molar-refractivity contribution in [3.8, 4) is 0 Å². The molecule has 104 valence electrons. The van der Waals surface area contributed by atoms with Crippen LogP contribution in [-0.4, -0.2) is 29.6 Å². The summed E-state index contributed by atoms with van der Waals surface area (Å²) in [5.74, 6) is 0.0285. The predicted octanol–water partition coefficient (Wildman–Crippen LogP) is 2.18. The number of nitrogens with two attached hydrogens (primary N) is 1. The quantitative estimate of drug-likeness (QED) is 0.827. The molecular formula is C15H22N2O2. The van der Waals surface area contributed by atoms with E-state index in [1.165, 1.54) is 0 Å². The normalized spacial score (nSPS) is 15.3. The zero-order valence-corrected chi connectivity index (χ0v) is 11.8. The second-order valence-corrected chi connectivity index (χ2v) is 5.58. The average Bonchev–Trinajstić information content (AvgIpc) is 3.21. The lowest BCUT2D eigenvalue weighted by molar-refractivity contribution is -0.152. The van der Waals surface area contributed by atoms with E-state index in [1.807, 2.05) is 29.2 Å². The van der Waals surface area contributed by atoms with Crippen LogP contribution in [0.25, 0.3) is 0 Å². The number of carbonyl (C=O) groups excluding carboxylic acids is 1. The van der Waals surface area contributed by atoms with Crippen LogP contribution in [-0.2, 0) is 16.1 Å². The number of benzene rings is 1. The molecule has 0 bridgehead atoms. The van der Waals surface area contributed by atoms with Crippen molar-refractivity contribution in [2.24, 2.45) is 0 Å². The summed E-state index contributed by atoms with van der Waals surface area (Å²) in [6.07, 6.45) is 2.14. The van der Waals surface area contributed by atoms with Crippen molar-refractivity contribution < 1.29 is 9.53 Å². The number of hydrogen-bond donors (Lipinski definition) is 1. The maximum atomic E-state index is 12.6. The molecule has 1 aliphatic rings. The molecule has 0 heterocycles. The van der Waals surface area contributed by atoms with Crippen molar-refractivity contribution in [1.29, 1.82) is 0 Å². The van der Waals surface area contributed by atoms with Crippen LogP contribution in [0.1, 0.15) is 32.3 Å². The molecule has 0 unspecified atom stereocenters. The first-order valence-electron chi connectivity index (χ1n) is 6.65. The maximum absolute atomic E-state index is 12.6. The summed E-state index contributed by atoms with van der Waals surface area (Å²) in [6.45, 7) is 4.17. The summed E-state index contributed by atoms with van der Waals surface area (Å²) in [7, 11) is 1.57. The Morgan fingerprint density at radius 2 is 2.05 bits per heavy atom. The van der Waals surface area contributed by atoms with E-state index in [-0.39, 0.29) is 5.91 Å². The third kappa shape index (κ3) is 3.07. The molecular weight excluding hydrogens is 240 g/mol. The van der Waals surface area contributed by atoms with Crippen LogP contribution in [0.15, 0.2) is 24.3 Å². The van der Waals surface area contributed by atoms with Gasteiger partial charge in [0.15, 0.2) is 0 Å². The molecule has 0 radical (unpaired) electrons. The molecule has 0 aliphatic heterocycles. The second kappa shape index (κ2) is 5.21. The van der Waals surface area contributed by atoms with Gasteiger partial charge >= 0.3 is 0 Å². The molecule has 0 saturated heterocycles. The van der Waals surface area contributed by atoms with Gasteiger partial charge in [0.2, 0.25) is 0 Å². The monoisotopic (exact) mass is 262 g/mol. The van der Waals surface area contributed by atoms with Crippen LogP contribution in [0.4, 0.5) is 5.69 Å². The third-order valence-electron chi connectivity index (χ3n) is 3.67. The number of nitrogen functional groups attached to an aromatic ring is 1. The van der Waals surface area contributed by atoms with Gasteiger partial charge in [0.05, 0.1) is 0 Å². The highest BCUT2D eigenvalue weighted by atomic mass is 16.5. The van der Waals surface area contributed by atoms with E-state index in [9.17, 15) is 4.79 Å².